The van der Waals surface area contributed by atoms with Crippen LogP contribution < -0.4 is 5.16 Å². The molecule has 0 aliphatic carbocycles. The first-order chi connectivity index (χ1) is 3.72. The number of alkyl halides is 1. The molecule has 0 saturated carbocycles. The van der Waals surface area contributed by atoms with Crippen molar-refractivity contribution in [2.75, 3.05) is 5.33 Å². The van der Waals surface area contributed by atoms with Crippen LogP contribution in [0.5, 0.6) is 0 Å². The van der Waals surface area contributed by atoms with Crippen molar-refractivity contribution >= 4 is 27.4 Å². The lowest BCUT2D eigenvalue weighted by molar-refractivity contribution is -0.371. The highest BCUT2D eigenvalue weighted by molar-refractivity contribution is 9.09. The molecule has 0 aliphatic rings. The van der Waals surface area contributed by atoms with Crippen LogP contribution in [0.3, 0.4) is 0 Å². The molecule has 0 bridgehead atoms. The van der Waals surface area contributed by atoms with Gasteiger partial charge in [0, 0.05) is 6.92 Å². The summed E-state index contributed by atoms with van der Waals surface area (Å²) in [6.45, 7) is 1.57. The quantitative estimate of drug-likeness (QED) is 0.254. The van der Waals surface area contributed by atoms with Crippen molar-refractivity contribution in [2.24, 2.45) is 0 Å². The molecule has 0 fully saturated rings. The standard InChI is InChI=1S/C4H7BrN2O/c1-3(7-8)4(6)2-5/h6-7H,2H2,1H3/b6-4?,7-3+. The maximum atomic E-state index is 9.78. The average molecular weight is 179 g/mol. The van der Waals surface area contributed by atoms with E-state index < -0.39 is 0 Å². The van der Waals surface area contributed by atoms with Crippen LogP contribution in [-0.2, 0) is 0 Å². The molecule has 0 aromatic carbocycles. The predicted octanol–water partition coefficient (Wildman–Crippen LogP) is -0.560. The molecule has 0 aliphatic heterocycles. The number of halogens is 1. The fraction of sp³-hybridized carbons (Fsp3) is 0.500. The van der Waals surface area contributed by atoms with Crippen LogP contribution in [0.25, 0.3) is 0 Å². The van der Waals surface area contributed by atoms with Crippen molar-refractivity contribution in [1.29, 1.82) is 5.41 Å². The molecule has 4 heteroatoms. The van der Waals surface area contributed by atoms with Crippen LogP contribution in [0.2, 0.25) is 0 Å². The van der Waals surface area contributed by atoms with Crippen LogP contribution in [0.15, 0.2) is 0 Å². The van der Waals surface area contributed by atoms with E-state index in [1.165, 1.54) is 0 Å². The molecule has 0 rings (SSSR count). The van der Waals surface area contributed by atoms with Crippen molar-refractivity contribution in [3.8, 4) is 0 Å². The molecule has 0 amide bonds. The molecule has 0 heterocycles. The number of hydrogen-bond donors (Lipinski definition) is 2. The van der Waals surface area contributed by atoms with E-state index in [2.05, 4.69) is 15.9 Å². The van der Waals surface area contributed by atoms with Crippen LogP contribution >= 0.6 is 15.9 Å². The van der Waals surface area contributed by atoms with Crippen LogP contribution in [0.1, 0.15) is 6.92 Å². The van der Waals surface area contributed by atoms with Gasteiger partial charge in [0.2, 0.25) is 5.71 Å². The molecule has 0 radical (unpaired) electrons. The second-order valence-corrected chi connectivity index (χ2v) is 1.90. The van der Waals surface area contributed by atoms with Crippen molar-refractivity contribution in [2.45, 2.75) is 6.92 Å². The van der Waals surface area contributed by atoms with Gasteiger partial charge in [0.15, 0.2) is 0 Å². The summed E-state index contributed by atoms with van der Waals surface area (Å²) in [5, 5.41) is 18.8. The minimum atomic E-state index is 0.292. The average Bonchev–Trinajstić information content (AvgIpc) is 1.84. The smallest absolute Gasteiger partial charge is 0.203 e. The van der Waals surface area contributed by atoms with Crippen molar-refractivity contribution in [1.82, 2.24) is 0 Å². The highest BCUT2D eigenvalue weighted by Gasteiger charge is 2.00. The molecule has 3 nitrogen and oxygen atoms in total. The molecule has 0 aromatic heterocycles. The maximum absolute atomic E-state index is 9.78. The summed E-state index contributed by atoms with van der Waals surface area (Å²) in [7, 11) is 0. The Balaban J connectivity index is 3.83. The van der Waals surface area contributed by atoms with Gasteiger partial charge in [-0.25, -0.2) is 5.16 Å². The largest absolute Gasteiger partial charge is 0.625 e. The van der Waals surface area contributed by atoms with Crippen LogP contribution in [-0.4, -0.2) is 16.8 Å². The molecule has 2 N–H and O–H groups in total. The Labute approximate surface area is 56.0 Å². The summed E-state index contributed by atoms with van der Waals surface area (Å²) in [6, 6.07) is 0. The molecule has 0 atom stereocenters. The van der Waals surface area contributed by atoms with Gasteiger partial charge in [0.05, 0.1) is 5.33 Å². The van der Waals surface area contributed by atoms with Gasteiger partial charge >= 0.3 is 0 Å². The topological polar surface area (TPSA) is 60.9 Å². The van der Waals surface area contributed by atoms with Crippen LogP contribution in [0, 0.1) is 10.6 Å². The molecule has 0 aromatic rings. The normalized spacial score (nSPS) is 11.5. The Kier molecular flexibility index (Phi) is 3.43. The van der Waals surface area contributed by atoms with E-state index in [9.17, 15) is 5.21 Å². The summed E-state index contributed by atoms with van der Waals surface area (Å²) in [5.41, 5.74) is 0.655. The zero-order chi connectivity index (χ0) is 6.57. The van der Waals surface area contributed by atoms with E-state index in [1.807, 2.05) is 0 Å². The first-order valence-electron chi connectivity index (χ1n) is 2.07. The Morgan fingerprint density at radius 2 is 2.38 bits per heavy atom. The Morgan fingerprint density at radius 3 is 2.50 bits per heavy atom. The second kappa shape index (κ2) is 3.60. The lowest BCUT2D eigenvalue weighted by Crippen LogP contribution is -2.66. The Morgan fingerprint density at radius 1 is 1.88 bits per heavy atom. The van der Waals surface area contributed by atoms with Gasteiger partial charge in [-0.15, -0.1) is 0 Å². The van der Waals surface area contributed by atoms with Crippen LogP contribution in [0.4, 0.5) is 0 Å². The van der Waals surface area contributed by atoms with Gasteiger partial charge in [0.1, 0.15) is 5.71 Å². The third-order valence-corrected chi connectivity index (χ3v) is 1.30. The molecule has 0 spiro atoms. The van der Waals surface area contributed by atoms with E-state index in [4.69, 9.17) is 5.41 Å². The van der Waals surface area contributed by atoms with Crippen molar-refractivity contribution < 1.29 is 5.16 Å². The summed E-state index contributed by atoms with van der Waals surface area (Å²) in [5.74, 6) is 0. The zero-order valence-corrected chi connectivity index (χ0v) is 6.08. The van der Waals surface area contributed by atoms with Gasteiger partial charge < -0.3 is 5.21 Å². The second-order valence-electron chi connectivity index (χ2n) is 1.34. The molecule has 0 unspecified atom stereocenters. The summed E-state index contributed by atoms with van der Waals surface area (Å²) in [6.07, 6.45) is 0. The zero-order valence-electron chi connectivity index (χ0n) is 4.49. The molecular formula is C4H7BrN2O. The number of nitrogens with one attached hydrogen (secondary N) is 2. The monoisotopic (exact) mass is 178 g/mol. The number of rotatable bonds is 2. The van der Waals surface area contributed by atoms with Gasteiger partial charge in [-0.2, -0.15) is 0 Å². The Hall–Kier alpha value is -0.380. The van der Waals surface area contributed by atoms with Gasteiger partial charge in [-0.3, -0.25) is 5.41 Å². The van der Waals surface area contributed by atoms with E-state index in [0.717, 1.165) is 0 Å². The maximum Gasteiger partial charge on any atom is 0.203 e. The minimum absolute atomic E-state index is 0.292. The van der Waals surface area contributed by atoms with Gasteiger partial charge in [0.25, 0.3) is 0 Å². The van der Waals surface area contributed by atoms with Crippen molar-refractivity contribution in [3.05, 3.63) is 5.21 Å². The van der Waals surface area contributed by atoms with E-state index in [0.29, 0.717) is 16.8 Å². The molecule has 46 valence electrons. The van der Waals surface area contributed by atoms with E-state index in [1.54, 1.807) is 12.1 Å². The fourth-order valence-corrected chi connectivity index (χ4v) is 0.582. The van der Waals surface area contributed by atoms with Gasteiger partial charge in [-0.05, 0) is 0 Å². The van der Waals surface area contributed by atoms with E-state index >= 15 is 0 Å². The number of hydrogen-bond acceptors (Lipinski definition) is 2. The van der Waals surface area contributed by atoms with Gasteiger partial charge in [-0.1, -0.05) is 15.9 Å². The highest BCUT2D eigenvalue weighted by Crippen LogP contribution is 1.81. The first-order valence-corrected chi connectivity index (χ1v) is 3.20. The summed E-state index contributed by atoms with van der Waals surface area (Å²) >= 11 is 3.03. The Bertz CT molecular complexity index is 121. The van der Waals surface area contributed by atoms with Crippen molar-refractivity contribution in [3.63, 3.8) is 0 Å². The predicted molar refractivity (Wildman–Crippen MR) is 36.5 cm³/mol. The third kappa shape index (κ3) is 2.07. The third-order valence-electron chi connectivity index (χ3n) is 0.739. The first kappa shape index (κ1) is 7.62. The SMILES string of the molecule is C/C(=[NH+]\[O-])C(=N)CBr. The lowest BCUT2D eigenvalue weighted by atomic mass is 10.3. The highest BCUT2D eigenvalue weighted by atomic mass is 79.9. The minimum Gasteiger partial charge on any atom is -0.625 e. The van der Waals surface area contributed by atoms with E-state index in [-0.39, 0.29) is 0 Å². The fourth-order valence-electron chi connectivity index (χ4n) is 0.162. The summed E-state index contributed by atoms with van der Waals surface area (Å²) in [4.78, 5) is 0. The lowest BCUT2D eigenvalue weighted by Gasteiger charge is -1.90. The summed E-state index contributed by atoms with van der Waals surface area (Å²) < 4.78 is 0. The molecule has 0 saturated heterocycles. The molecule has 8 heavy (non-hydrogen) atoms. The molecular weight excluding hydrogens is 172 g/mol.